The van der Waals surface area contributed by atoms with Crippen molar-refractivity contribution in [1.29, 1.82) is 0 Å². The summed E-state index contributed by atoms with van der Waals surface area (Å²) in [5, 5.41) is 2.53. The van der Waals surface area contributed by atoms with Crippen molar-refractivity contribution in [1.82, 2.24) is 4.57 Å². The Bertz CT molecular complexity index is 2650. The number of aromatic nitrogens is 1. The van der Waals surface area contributed by atoms with Gasteiger partial charge in [0.2, 0.25) is 0 Å². The van der Waals surface area contributed by atoms with Crippen LogP contribution in [0.15, 0.2) is 186 Å². The number of para-hydroxylation sites is 1. The van der Waals surface area contributed by atoms with Gasteiger partial charge in [-0.1, -0.05) is 155 Å². The molecule has 2 aliphatic rings. The Morgan fingerprint density at radius 2 is 1.16 bits per heavy atom. The van der Waals surface area contributed by atoms with Gasteiger partial charge in [0.15, 0.2) is 0 Å². The predicted octanol–water partition coefficient (Wildman–Crippen LogP) is 13.3. The summed E-state index contributed by atoms with van der Waals surface area (Å²) in [6.07, 6.45) is 6.64. The molecule has 8 aromatic rings. The number of rotatable bonds is 5. The molecule has 0 aliphatic heterocycles. The third kappa shape index (κ3) is 4.67. The molecule has 0 radical (unpaired) electrons. The lowest BCUT2D eigenvalue weighted by atomic mass is 9.68. The third-order valence-corrected chi connectivity index (χ3v) is 11.6. The summed E-state index contributed by atoms with van der Waals surface area (Å²) in [6, 6.07) is 63.0. The summed E-state index contributed by atoms with van der Waals surface area (Å²) in [7, 11) is 0. The van der Waals surface area contributed by atoms with Crippen LogP contribution in [0, 0.1) is 0 Å². The van der Waals surface area contributed by atoms with E-state index in [9.17, 15) is 0 Å². The highest BCUT2D eigenvalue weighted by molar-refractivity contribution is 9.11. The van der Waals surface area contributed by atoms with Crippen molar-refractivity contribution < 1.29 is 0 Å². The molecule has 1 nitrogen and oxygen atoms in total. The lowest BCUT2D eigenvalue weighted by Gasteiger charge is -2.33. The van der Waals surface area contributed by atoms with Crippen molar-refractivity contribution in [2.24, 2.45) is 0 Å². The minimum Gasteiger partial charge on any atom is -0.309 e. The molecule has 0 bridgehead atoms. The molecule has 0 amide bonds. The zero-order valence-electron chi connectivity index (χ0n) is 28.1. The van der Waals surface area contributed by atoms with Crippen molar-refractivity contribution in [3.05, 3.63) is 214 Å². The van der Waals surface area contributed by atoms with E-state index in [1.54, 1.807) is 0 Å². The molecule has 10 rings (SSSR count). The molecule has 0 fully saturated rings. The smallest absolute Gasteiger partial charge is 0.0713 e. The summed E-state index contributed by atoms with van der Waals surface area (Å²) >= 11 is 3.69. The van der Waals surface area contributed by atoms with Crippen LogP contribution < -0.4 is 0 Å². The summed E-state index contributed by atoms with van der Waals surface area (Å²) in [5.41, 5.74) is 16.1. The van der Waals surface area contributed by atoms with E-state index in [1.807, 2.05) is 0 Å². The zero-order chi connectivity index (χ0) is 33.9. The second-order valence-corrected chi connectivity index (χ2v) is 14.6. The first-order chi connectivity index (χ1) is 25.2. The van der Waals surface area contributed by atoms with Crippen LogP contribution >= 0.6 is 15.9 Å². The van der Waals surface area contributed by atoms with E-state index in [2.05, 4.69) is 203 Å². The van der Waals surface area contributed by atoms with Gasteiger partial charge in [0.05, 0.1) is 16.4 Å². The molecule has 7 aromatic carbocycles. The first-order valence-corrected chi connectivity index (χ1v) is 18.6. The molecular formula is C49H34BrN. The maximum atomic E-state index is 3.69. The largest absolute Gasteiger partial charge is 0.309 e. The van der Waals surface area contributed by atoms with Crippen LogP contribution in [0.4, 0.5) is 0 Å². The van der Waals surface area contributed by atoms with Gasteiger partial charge in [-0.3, -0.25) is 0 Å². The van der Waals surface area contributed by atoms with Gasteiger partial charge >= 0.3 is 0 Å². The molecule has 2 heteroatoms. The lowest BCUT2D eigenvalue weighted by Crippen LogP contribution is -2.28. The van der Waals surface area contributed by atoms with Gasteiger partial charge in [-0.05, 0) is 111 Å². The maximum absolute atomic E-state index is 3.69. The highest BCUT2D eigenvalue weighted by Crippen LogP contribution is 2.56. The van der Waals surface area contributed by atoms with Crippen molar-refractivity contribution in [3.63, 3.8) is 0 Å². The van der Waals surface area contributed by atoms with E-state index in [0.717, 1.165) is 12.8 Å². The minimum absolute atomic E-state index is 0.405. The first kappa shape index (κ1) is 30.2. The van der Waals surface area contributed by atoms with Crippen LogP contribution in [-0.2, 0) is 5.41 Å². The van der Waals surface area contributed by atoms with Crippen molar-refractivity contribution >= 4 is 43.3 Å². The normalized spacial score (nSPS) is 14.6. The molecule has 242 valence electrons. The Labute approximate surface area is 307 Å². The Morgan fingerprint density at radius 1 is 0.490 bits per heavy atom. The van der Waals surface area contributed by atoms with Crippen LogP contribution in [0.1, 0.15) is 40.7 Å². The maximum Gasteiger partial charge on any atom is 0.0713 e. The van der Waals surface area contributed by atoms with Gasteiger partial charge in [-0.15, -0.1) is 0 Å². The Kier molecular flexibility index (Phi) is 7.08. The minimum atomic E-state index is -0.405. The van der Waals surface area contributed by atoms with Gasteiger partial charge in [0, 0.05) is 20.9 Å². The van der Waals surface area contributed by atoms with Gasteiger partial charge in [0.1, 0.15) is 0 Å². The summed E-state index contributed by atoms with van der Waals surface area (Å²) in [6.45, 7) is 0. The molecule has 0 unspecified atom stereocenters. The Balaban J connectivity index is 1.16. The fourth-order valence-electron chi connectivity index (χ4n) is 8.80. The van der Waals surface area contributed by atoms with E-state index < -0.39 is 5.41 Å². The van der Waals surface area contributed by atoms with E-state index in [1.165, 1.54) is 87.6 Å². The van der Waals surface area contributed by atoms with E-state index in [0.29, 0.717) is 0 Å². The van der Waals surface area contributed by atoms with E-state index >= 15 is 0 Å². The summed E-state index contributed by atoms with van der Waals surface area (Å²) < 4.78 is 3.62. The zero-order valence-corrected chi connectivity index (χ0v) is 29.6. The van der Waals surface area contributed by atoms with Gasteiger partial charge < -0.3 is 4.57 Å². The fraction of sp³-hybridized carbons (Fsp3) is 0.0612. The second-order valence-electron chi connectivity index (χ2n) is 13.7. The van der Waals surface area contributed by atoms with Gasteiger partial charge in [-0.2, -0.15) is 0 Å². The van der Waals surface area contributed by atoms with Crippen LogP contribution in [0.25, 0.3) is 55.3 Å². The molecular weight excluding hydrogens is 682 g/mol. The van der Waals surface area contributed by atoms with Crippen molar-refractivity contribution in [2.75, 3.05) is 0 Å². The SMILES string of the molecule is BrC1=CCCC(c2cccc(-c3ccc4c(c3)c3ccccc3n4-c3ccc4c(c3)-c3ccccc3C4(c3ccccc3)c3ccccc3)c2)=C1. The van der Waals surface area contributed by atoms with Crippen LogP contribution in [0.2, 0.25) is 0 Å². The number of hydrogen-bond donors (Lipinski definition) is 0. The molecule has 1 aromatic heterocycles. The molecule has 0 saturated heterocycles. The number of hydrogen-bond acceptors (Lipinski definition) is 0. The topological polar surface area (TPSA) is 4.93 Å². The highest BCUT2D eigenvalue weighted by atomic mass is 79.9. The number of allylic oxidation sites excluding steroid dienone is 4. The van der Waals surface area contributed by atoms with Crippen molar-refractivity contribution in [3.8, 4) is 27.9 Å². The van der Waals surface area contributed by atoms with Gasteiger partial charge in [-0.25, -0.2) is 0 Å². The quantitative estimate of drug-likeness (QED) is 0.167. The second kappa shape index (κ2) is 12.0. The predicted molar refractivity (Wildman–Crippen MR) is 218 cm³/mol. The average Bonchev–Trinajstić information content (AvgIpc) is 3.69. The van der Waals surface area contributed by atoms with E-state index in [4.69, 9.17) is 0 Å². The Morgan fingerprint density at radius 3 is 1.96 bits per heavy atom. The van der Waals surface area contributed by atoms with Crippen LogP contribution in [0.3, 0.4) is 0 Å². The number of benzene rings is 7. The molecule has 0 saturated carbocycles. The number of nitrogens with zero attached hydrogens (tertiary/aromatic N) is 1. The number of fused-ring (bicyclic) bond motifs is 6. The average molecular weight is 717 g/mol. The molecule has 51 heavy (non-hydrogen) atoms. The fourth-order valence-corrected chi connectivity index (χ4v) is 9.30. The van der Waals surface area contributed by atoms with Crippen LogP contribution in [-0.4, -0.2) is 4.57 Å². The third-order valence-electron chi connectivity index (χ3n) is 11.0. The molecule has 2 aliphatic carbocycles. The van der Waals surface area contributed by atoms with E-state index in [-0.39, 0.29) is 0 Å². The van der Waals surface area contributed by atoms with Crippen molar-refractivity contribution in [2.45, 2.75) is 18.3 Å². The molecule has 0 spiro atoms. The molecule has 1 heterocycles. The summed E-state index contributed by atoms with van der Waals surface area (Å²) in [5.74, 6) is 0. The first-order valence-electron chi connectivity index (χ1n) is 17.8. The van der Waals surface area contributed by atoms with Gasteiger partial charge in [0.25, 0.3) is 0 Å². The lowest BCUT2D eigenvalue weighted by molar-refractivity contribution is 0.768. The Hall–Kier alpha value is -5.70. The molecule has 0 atom stereocenters. The summed E-state index contributed by atoms with van der Waals surface area (Å²) in [4.78, 5) is 0. The van der Waals surface area contributed by atoms with Crippen LogP contribution in [0.5, 0.6) is 0 Å². The monoisotopic (exact) mass is 715 g/mol. The molecule has 0 N–H and O–H groups in total. The highest BCUT2D eigenvalue weighted by Gasteiger charge is 2.46. The standard InChI is InChI=1S/C49H34BrN/c50-39-20-12-15-35(30-39)33-13-11-14-34(29-33)36-25-28-48-44(31-36)42-22-8-10-24-47(42)51(48)40-26-27-46-43(32-40)41-21-7-9-23-45(41)49(46,37-16-3-1-4-17-37)38-18-5-2-6-19-38/h1-11,13-14,16-32H,12,15H2. The number of halogens is 1.